The summed E-state index contributed by atoms with van der Waals surface area (Å²) in [6.07, 6.45) is 0.707. The Labute approximate surface area is 164 Å². The third kappa shape index (κ3) is 3.67. The van der Waals surface area contributed by atoms with E-state index in [0.29, 0.717) is 38.2 Å². The first-order valence-corrected chi connectivity index (χ1v) is 10.7. The van der Waals surface area contributed by atoms with Crippen molar-refractivity contribution in [3.05, 3.63) is 71.0 Å². The molecule has 2 aliphatic rings. The smallest absolute Gasteiger partial charge is 0.282 e. The first-order chi connectivity index (χ1) is 13.4. The normalized spacial score (nSPS) is 18.7. The van der Waals surface area contributed by atoms with Gasteiger partial charge in [0.1, 0.15) is 5.82 Å². The molecule has 1 saturated heterocycles. The second-order valence-corrected chi connectivity index (χ2v) is 8.99. The first-order valence-electron chi connectivity index (χ1n) is 9.32. The number of halogens is 1. The molecule has 6 nitrogen and oxygen atoms in total. The van der Waals surface area contributed by atoms with Crippen molar-refractivity contribution in [2.45, 2.75) is 13.0 Å². The van der Waals surface area contributed by atoms with E-state index in [0.717, 1.165) is 5.56 Å². The van der Waals surface area contributed by atoms with Crippen molar-refractivity contribution in [1.29, 1.82) is 0 Å². The number of amides is 1. The fourth-order valence-corrected chi connectivity index (χ4v) is 5.30. The summed E-state index contributed by atoms with van der Waals surface area (Å²) in [6.45, 7) is 2.00. The van der Waals surface area contributed by atoms with Crippen LogP contribution in [0, 0.1) is 5.82 Å². The molecular weight excluding hydrogens is 381 g/mol. The van der Waals surface area contributed by atoms with Gasteiger partial charge in [0.25, 0.3) is 16.1 Å². The summed E-state index contributed by atoms with van der Waals surface area (Å²) in [7, 11) is -3.57. The van der Waals surface area contributed by atoms with Gasteiger partial charge in [0.2, 0.25) is 0 Å². The van der Waals surface area contributed by atoms with Gasteiger partial charge in [-0.1, -0.05) is 24.3 Å². The number of carbonyl (C=O) groups is 1. The Morgan fingerprint density at radius 3 is 2.14 bits per heavy atom. The van der Waals surface area contributed by atoms with Crippen LogP contribution in [0.4, 0.5) is 4.39 Å². The molecule has 0 spiro atoms. The highest BCUT2D eigenvalue weighted by Crippen LogP contribution is 2.23. The number of benzene rings is 2. The maximum Gasteiger partial charge on any atom is 0.282 e. The number of rotatable bonds is 3. The Kier molecular flexibility index (Phi) is 5.18. The Bertz CT molecular complexity index is 970. The molecular formula is C20H22FN3O3S. The Morgan fingerprint density at radius 2 is 1.46 bits per heavy atom. The third-order valence-electron chi connectivity index (χ3n) is 5.37. The Hall–Kier alpha value is -2.29. The van der Waals surface area contributed by atoms with E-state index in [1.54, 1.807) is 4.90 Å². The van der Waals surface area contributed by atoms with Crippen LogP contribution in [0.25, 0.3) is 0 Å². The average Bonchev–Trinajstić information content (AvgIpc) is 2.73. The minimum atomic E-state index is -3.57. The van der Waals surface area contributed by atoms with Gasteiger partial charge in [-0.25, -0.2) is 4.39 Å². The lowest BCUT2D eigenvalue weighted by molar-refractivity contribution is 0.0693. The highest BCUT2D eigenvalue weighted by atomic mass is 32.2. The molecule has 0 atom stereocenters. The molecule has 2 aliphatic heterocycles. The van der Waals surface area contributed by atoms with Gasteiger partial charge in [0.15, 0.2) is 0 Å². The van der Waals surface area contributed by atoms with Gasteiger partial charge < -0.3 is 4.90 Å². The third-order valence-corrected chi connectivity index (χ3v) is 7.35. The van der Waals surface area contributed by atoms with Crippen LogP contribution in [-0.2, 0) is 23.2 Å². The average molecular weight is 403 g/mol. The molecule has 0 bridgehead atoms. The van der Waals surface area contributed by atoms with Crippen molar-refractivity contribution in [3.8, 4) is 0 Å². The van der Waals surface area contributed by atoms with Gasteiger partial charge in [-0.05, 0) is 41.8 Å². The summed E-state index contributed by atoms with van der Waals surface area (Å²) >= 11 is 0. The van der Waals surface area contributed by atoms with E-state index in [1.807, 2.05) is 24.3 Å². The van der Waals surface area contributed by atoms with Gasteiger partial charge in [0.05, 0.1) is 0 Å². The quantitative estimate of drug-likeness (QED) is 0.786. The van der Waals surface area contributed by atoms with Crippen LogP contribution in [0.2, 0.25) is 0 Å². The lowest BCUT2D eigenvalue weighted by Crippen LogP contribution is -2.54. The molecule has 0 unspecified atom stereocenters. The maximum atomic E-state index is 13.0. The van der Waals surface area contributed by atoms with Gasteiger partial charge in [-0.15, -0.1) is 0 Å². The monoisotopic (exact) mass is 403 g/mol. The minimum Gasteiger partial charge on any atom is -0.336 e. The first kappa shape index (κ1) is 19.0. The van der Waals surface area contributed by atoms with E-state index in [-0.39, 0.29) is 19.0 Å². The molecule has 2 heterocycles. The summed E-state index contributed by atoms with van der Waals surface area (Å²) in [5.41, 5.74) is 2.65. The number of nitrogens with zero attached hydrogens (tertiary/aromatic N) is 3. The standard InChI is InChI=1S/C20H22FN3O3S/c21-19-7-5-17(6-8-19)20(25)22-11-13-23(14-12-22)28(26,27)24-10-9-16-3-1-2-4-18(16)15-24/h1-8H,9-15H2. The zero-order valence-electron chi connectivity index (χ0n) is 15.4. The van der Waals surface area contributed by atoms with Crippen LogP contribution in [0.5, 0.6) is 0 Å². The number of hydrogen-bond acceptors (Lipinski definition) is 3. The Balaban J connectivity index is 1.40. The van der Waals surface area contributed by atoms with E-state index < -0.39 is 16.0 Å². The number of carbonyl (C=O) groups excluding carboxylic acids is 1. The molecule has 1 fully saturated rings. The number of piperazine rings is 1. The van der Waals surface area contributed by atoms with E-state index in [9.17, 15) is 17.6 Å². The summed E-state index contributed by atoms with van der Waals surface area (Å²) in [4.78, 5) is 14.1. The van der Waals surface area contributed by atoms with Gasteiger partial charge in [-0.2, -0.15) is 17.0 Å². The van der Waals surface area contributed by atoms with Crippen LogP contribution in [0.3, 0.4) is 0 Å². The molecule has 2 aromatic carbocycles. The minimum absolute atomic E-state index is 0.205. The van der Waals surface area contributed by atoms with Crippen molar-refractivity contribution >= 4 is 16.1 Å². The van der Waals surface area contributed by atoms with Crippen molar-refractivity contribution in [2.75, 3.05) is 32.7 Å². The molecule has 0 saturated carbocycles. The number of fused-ring (bicyclic) bond motifs is 1. The summed E-state index contributed by atoms with van der Waals surface area (Å²) in [5.74, 6) is -0.598. The van der Waals surface area contributed by atoms with Crippen LogP contribution < -0.4 is 0 Å². The van der Waals surface area contributed by atoms with E-state index in [1.165, 1.54) is 38.4 Å². The molecule has 28 heavy (non-hydrogen) atoms. The largest absolute Gasteiger partial charge is 0.336 e. The van der Waals surface area contributed by atoms with Gasteiger partial charge >= 0.3 is 0 Å². The van der Waals surface area contributed by atoms with Crippen molar-refractivity contribution < 1.29 is 17.6 Å². The van der Waals surface area contributed by atoms with Crippen LogP contribution in [-0.4, -0.2) is 60.6 Å². The van der Waals surface area contributed by atoms with E-state index in [2.05, 4.69) is 0 Å². The fourth-order valence-electron chi connectivity index (χ4n) is 3.73. The van der Waals surface area contributed by atoms with Gasteiger partial charge in [-0.3, -0.25) is 4.79 Å². The fraction of sp³-hybridized carbons (Fsp3) is 0.350. The topological polar surface area (TPSA) is 60.9 Å². The van der Waals surface area contributed by atoms with Crippen molar-refractivity contribution in [3.63, 3.8) is 0 Å². The summed E-state index contributed by atoms with van der Waals surface area (Å²) in [6, 6.07) is 13.3. The highest BCUT2D eigenvalue weighted by molar-refractivity contribution is 7.86. The molecule has 2 aromatic rings. The molecule has 0 aliphatic carbocycles. The molecule has 0 aromatic heterocycles. The summed E-state index contributed by atoms with van der Waals surface area (Å²) < 4.78 is 42.1. The molecule has 0 N–H and O–H groups in total. The van der Waals surface area contributed by atoms with E-state index in [4.69, 9.17) is 0 Å². The number of hydrogen-bond donors (Lipinski definition) is 0. The zero-order valence-corrected chi connectivity index (χ0v) is 16.2. The van der Waals surface area contributed by atoms with Crippen LogP contribution in [0.15, 0.2) is 48.5 Å². The van der Waals surface area contributed by atoms with Crippen molar-refractivity contribution in [2.24, 2.45) is 0 Å². The predicted molar refractivity (Wildman–Crippen MR) is 103 cm³/mol. The second-order valence-electron chi connectivity index (χ2n) is 7.06. The highest BCUT2D eigenvalue weighted by Gasteiger charge is 2.35. The molecule has 0 radical (unpaired) electrons. The lowest BCUT2D eigenvalue weighted by atomic mass is 10.0. The Morgan fingerprint density at radius 1 is 0.821 bits per heavy atom. The summed E-state index contributed by atoms with van der Waals surface area (Å²) in [5, 5.41) is 0. The SMILES string of the molecule is O=C(c1ccc(F)cc1)N1CCN(S(=O)(=O)N2CCc3ccccc3C2)CC1. The maximum absolute atomic E-state index is 13.0. The lowest BCUT2D eigenvalue weighted by Gasteiger charge is -2.38. The molecule has 1 amide bonds. The second kappa shape index (κ2) is 7.62. The molecule has 8 heteroatoms. The van der Waals surface area contributed by atoms with Crippen LogP contribution >= 0.6 is 0 Å². The molecule has 4 rings (SSSR count). The molecule has 148 valence electrons. The zero-order chi connectivity index (χ0) is 19.7. The van der Waals surface area contributed by atoms with E-state index >= 15 is 0 Å². The predicted octanol–water partition coefficient (Wildman–Crippen LogP) is 1.89. The van der Waals surface area contributed by atoms with Crippen molar-refractivity contribution in [1.82, 2.24) is 13.5 Å². The van der Waals surface area contributed by atoms with Crippen LogP contribution in [0.1, 0.15) is 21.5 Å². The van der Waals surface area contributed by atoms with Gasteiger partial charge in [0, 0.05) is 44.8 Å².